The predicted octanol–water partition coefficient (Wildman–Crippen LogP) is 3.90. The standard InChI is InChI=1S/C21H18N4O2S/c1-27-19-5-3-2-4-15(19)17-11-23-21-16(17)8-14(10-22-21)13-6-7-18-20(9-13)28(26)25-12-24-18/h2-11,24-25H,12H2,1H3,(H,22,23). The van der Waals surface area contributed by atoms with E-state index < -0.39 is 11.0 Å². The van der Waals surface area contributed by atoms with E-state index in [1.807, 2.05) is 54.9 Å². The van der Waals surface area contributed by atoms with Crippen LogP contribution >= 0.6 is 0 Å². The van der Waals surface area contributed by atoms with Crippen LogP contribution in [0.15, 0.2) is 65.8 Å². The number of aromatic amines is 1. The molecule has 140 valence electrons. The third-order valence-corrected chi connectivity index (χ3v) is 6.07. The molecule has 28 heavy (non-hydrogen) atoms. The van der Waals surface area contributed by atoms with Crippen molar-refractivity contribution in [1.82, 2.24) is 14.7 Å². The number of hydrogen-bond acceptors (Lipinski definition) is 4. The molecule has 0 bridgehead atoms. The molecule has 3 heterocycles. The van der Waals surface area contributed by atoms with Crippen LogP contribution in [0.1, 0.15) is 0 Å². The summed E-state index contributed by atoms with van der Waals surface area (Å²) in [5.41, 5.74) is 5.69. The largest absolute Gasteiger partial charge is 0.496 e. The zero-order valence-corrected chi connectivity index (χ0v) is 16.0. The zero-order chi connectivity index (χ0) is 19.1. The molecule has 1 unspecified atom stereocenters. The molecular weight excluding hydrogens is 372 g/mol. The lowest BCUT2D eigenvalue weighted by molar-refractivity contribution is 0.416. The molecule has 3 N–H and O–H groups in total. The first-order chi connectivity index (χ1) is 13.7. The summed E-state index contributed by atoms with van der Waals surface area (Å²) in [7, 11) is 0.461. The van der Waals surface area contributed by atoms with E-state index in [0.29, 0.717) is 6.67 Å². The maximum atomic E-state index is 12.3. The van der Waals surface area contributed by atoms with Gasteiger partial charge in [0.2, 0.25) is 0 Å². The summed E-state index contributed by atoms with van der Waals surface area (Å²) < 4.78 is 20.7. The molecule has 7 heteroatoms. The second-order valence-corrected chi connectivity index (χ2v) is 7.77. The van der Waals surface area contributed by atoms with Crippen LogP contribution in [-0.2, 0) is 11.0 Å². The maximum absolute atomic E-state index is 12.3. The van der Waals surface area contributed by atoms with Gasteiger partial charge in [0, 0.05) is 34.5 Å². The van der Waals surface area contributed by atoms with Crippen molar-refractivity contribution in [1.29, 1.82) is 0 Å². The lowest BCUT2D eigenvalue weighted by Gasteiger charge is -2.19. The van der Waals surface area contributed by atoms with Crippen molar-refractivity contribution in [3.8, 4) is 28.0 Å². The Morgan fingerprint density at radius 2 is 1.96 bits per heavy atom. The van der Waals surface area contributed by atoms with Crippen molar-refractivity contribution < 1.29 is 8.95 Å². The van der Waals surface area contributed by atoms with Crippen LogP contribution in [0.2, 0.25) is 0 Å². The number of benzene rings is 2. The van der Waals surface area contributed by atoms with Crippen molar-refractivity contribution in [2.75, 3.05) is 19.1 Å². The van der Waals surface area contributed by atoms with Crippen molar-refractivity contribution in [2.45, 2.75) is 4.90 Å². The fourth-order valence-electron chi connectivity index (χ4n) is 3.53. The molecule has 0 saturated carbocycles. The highest BCUT2D eigenvalue weighted by Gasteiger charge is 2.17. The van der Waals surface area contributed by atoms with Gasteiger partial charge in [0.15, 0.2) is 0 Å². The molecule has 0 spiro atoms. The van der Waals surface area contributed by atoms with E-state index in [-0.39, 0.29) is 0 Å². The molecule has 4 aromatic rings. The normalized spacial score (nSPS) is 15.8. The molecule has 1 aliphatic rings. The summed E-state index contributed by atoms with van der Waals surface area (Å²) in [5.74, 6) is 0.815. The van der Waals surface area contributed by atoms with Crippen molar-refractivity contribution in [2.24, 2.45) is 0 Å². The van der Waals surface area contributed by atoms with Gasteiger partial charge >= 0.3 is 0 Å². The van der Waals surface area contributed by atoms with Crippen LogP contribution in [-0.4, -0.2) is 28.0 Å². The van der Waals surface area contributed by atoms with E-state index in [1.54, 1.807) is 7.11 Å². The van der Waals surface area contributed by atoms with Crippen molar-refractivity contribution >= 4 is 27.7 Å². The molecule has 0 amide bonds. The van der Waals surface area contributed by atoms with Gasteiger partial charge in [0.05, 0.1) is 24.4 Å². The summed E-state index contributed by atoms with van der Waals surface area (Å²) in [6.07, 6.45) is 3.79. The molecule has 0 aliphatic carbocycles. The van der Waals surface area contributed by atoms with Gasteiger partial charge in [-0.15, -0.1) is 0 Å². The number of H-pyrrole nitrogens is 1. The molecule has 1 aliphatic heterocycles. The second-order valence-electron chi connectivity index (χ2n) is 6.50. The number of nitrogens with one attached hydrogen (secondary N) is 3. The number of hydrogen-bond donors (Lipinski definition) is 3. The zero-order valence-electron chi connectivity index (χ0n) is 15.2. The van der Waals surface area contributed by atoms with E-state index in [0.717, 1.165) is 49.6 Å². The van der Waals surface area contributed by atoms with Crippen LogP contribution in [0, 0.1) is 0 Å². The Labute approximate surface area is 164 Å². The van der Waals surface area contributed by atoms with E-state index in [2.05, 4.69) is 26.1 Å². The van der Waals surface area contributed by atoms with Crippen molar-refractivity contribution in [3.63, 3.8) is 0 Å². The molecule has 5 rings (SSSR count). The van der Waals surface area contributed by atoms with Gasteiger partial charge in [0.25, 0.3) is 0 Å². The van der Waals surface area contributed by atoms with Crippen LogP contribution in [0.25, 0.3) is 33.3 Å². The monoisotopic (exact) mass is 390 g/mol. The first-order valence-corrected chi connectivity index (χ1v) is 10.0. The van der Waals surface area contributed by atoms with Crippen LogP contribution < -0.4 is 14.8 Å². The number of para-hydroxylation sites is 1. The van der Waals surface area contributed by atoms with Gasteiger partial charge in [-0.3, -0.25) is 0 Å². The van der Waals surface area contributed by atoms with Crippen LogP contribution in [0.5, 0.6) is 5.75 Å². The Morgan fingerprint density at radius 1 is 1.07 bits per heavy atom. The molecular formula is C21H18N4O2S. The van der Waals surface area contributed by atoms with E-state index in [9.17, 15) is 4.21 Å². The molecule has 0 radical (unpaired) electrons. The molecule has 6 nitrogen and oxygen atoms in total. The highest BCUT2D eigenvalue weighted by atomic mass is 32.2. The Morgan fingerprint density at radius 3 is 2.86 bits per heavy atom. The van der Waals surface area contributed by atoms with Gasteiger partial charge in [-0.25, -0.2) is 13.9 Å². The van der Waals surface area contributed by atoms with Gasteiger partial charge < -0.3 is 15.0 Å². The summed E-state index contributed by atoms with van der Waals surface area (Å²) >= 11 is 0. The van der Waals surface area contributed by atoms with Gasteiger partial charge in [-0.2, -0.15) is 0 Å². The molecule has 1 atom stereocenters. The Balaban J connectivity index is 1.65. The summed E-state index contributed by atoms with van der Waals surface area (Å²) in [6, 6.07) is 16.0. The summed E-state index contributed by atoms with van der Waals surface area (Å²) in [6.45, 7) is 0.498. The number of fused-ring (bicyclic) bond motifs is 2. The first kappa shape index (κ1) is 17.0. The van der Waals surface area contributed by atoms with Crippen LogP contribution in [0.3, 0.4) is 0 Å². The van der Waals surface area contributed by atoms with E-state index in [4.69, 9.17) is 4.74 Å². The highest BCUT2D eigenvalue weighted by Crippen LogP contribution is 2.36. The summed E-state index contributed by atoms with van der Waals surface area (Å²) in [5, 5.41) is 4.21. The first-order valence-electron chi connectivity index (χ1n) is 8.88. The number of aromatic nitrogens is 2. The quantitative estimate of drug-likeness (QED) is 0.496. The Hall–Kier alpha value is -3.16. The average molecular weight is 390 g/mol. The molecule has 0 fully saturated rings. The number of nitrogens with zero attached hydrogens (tertiary/aromatic N) is 1. The lowest BCUT2D eigenvalue weighted by Crippen LogP contribution is -2.29. The number of ether oxygens (including phenoxy) is 1. The second kappa shape index (κ2) is 6.78. The fourth-order valence-corrected chi connectivity index (χ4v) is 4.46. The van der Waals surface area contributed by atoms with Gasteiger partial charge in [-0.1, -0.05) is 24.3 Å². The summed E-state index contributed by atoms with van der Waals surface area (Å²) in [4.78, 5) is 8.58. The van der Waals surface area contributed by atoms with Crippen LogP contribution in [0.4, 0.5) is 5.69 Å². The third-order valence-electron chi connectivity index (χ3n) is 4.93. The number of methoxy groups -OCH3 is 1. The Bertz CT molecular complexity index is 1220. The number of anilines is 1. The predicted molar refractivity (Wildman–Crippen MR) is 112 cm³/mol. The molecule has 2 aromatic heterocycles. The fraction of sp³-hybridized carbons (Fsp3) is 0.0952. The number of pyridine rings is 1. The van der Waals surface area contributed by atoms with E-state index in [1.165, 1.54) is 0 Å². The minimum Gasteiger partial charge on any atom is -0.496 e. The SMILES string of the molecule is COc1ccccc1-c1c[nH]c2ncc(-c3ccc4c(c3)S(=O)NCN4)cc12. The minimum atomic E-state index is -1.21. The number of rotatable bonds is 3. The molecule has 2 aromatic carbocycles. The minimum absolute atomic E-state index is 0.498. The van der Waals surface area contributed by atoms with Gasteiger partial charge in [-0.05, 0) is 29.8 Å². The molecule has 0 saturated heterocycles. The van der Waals surface area contributed by atoms with Crippen molar-refractivity contribution in [3.05, 3.63) is 60.9 Å². The van der Waals surface area contributed by atoms with E-state index >= 15 is 0 Å². The topological polar surface area (TPSA) is 79.0 Å². The Kier molecular flexibility index (Phi) is 4.11. The maximum Gasteiger partial charge on any atom is 0.137 e. The van der Waals surface area contributed by atoms with Gasteiger partial charge in [0.1, 0.15) is 22.4 Å². The highest BCUT2D eigenvalue weighted by molar-refractivity contribution is 7.83. The average Bonchev–Trinajstić information content (AvgIpc) is 3.17. The smallest absolute Gasteiger partial charge is 0.137 e. The third kappa shape index (κ3) is 2.76. The lowest BCUT2D eigenvalue weighted by atomic mass is 10.0.